The molecule has 5 nitrogen and oxygen atoms in total. The minimum atomic E-state index is -0.240. The quantitative estimate of drug-likeness (QED) is 0.719. The van der Waals surface area contributed by atoms with Crippen LogP contribution in [0.1, 0.15) is 35.3 Å². The van der Waals surface area contributed by atoms with Gasteiger partial charge in [-0.25, -0.2) is 4.98 Å². The van der Waals surface area contributed by atoms with E-state index in [1.165, 1.54) is 22.7 Å². The highest BCUT2D eigenvalue weighted by Crippen LogP contribution is 2.26. The molecular formula is C14H14N4OS3. The Morgan fingerprint density at radius 1 is 1.32 bits per heavy atom. The molecule has 0 radical (unpaired) electrons. The highest BCUT2D eigenvalue weighted by atomic mass is 32.1. The minimum Gasteiger partial charge on any atom is -0.295 e. The number of unbranched alkanes of at least 4 members (excludes halogenated alkanes) is 1. The maximum atomic E-state index is 12.2. The van der Waals surface area contributed by atoms with Crippen molar-refractivity contribution < 1.29 is 4.79 Å². The molecule has 3 aromatic heterocycles. The number of nitrogens with one attached hydrogen (secondary N) is 1. The van der Waals surface area contributed by atoms with Crippen LogP contribution in [-0.4, -0.2) is 21.1 Å². The van der Waals surface area contributed by atoms with Gasteiger partial charge in [-0.3, -0.25) is 10.1 Å². The molecule has 0 spiro atoms. The van der Waals surface area contributed by atoms with Gasteiger partial charge in [-0.15, -0.1) is 21.5 Å². The fourth-order valence-corrected chi connectivity index (χ4v) is 4.08. The molecule has 0 saturated heterocycles. The van der Waals surface area contributed by atoms with E-state index in [9.17, 15) is 4.79 Å². The maximum absolute atomic E-state index is 12.2. The Balaban J connectivity index is 1.65. The van der Waals surface area contributed by atoms with Gasteiger partial charge in [-0.1, -0.05) is 24.7 Å². The van der Waals surface area contributed by atoms with Crippen LogP contribution < -0.4 is 5.32 Å². The first kappa shape index (κ1) is 15.3. The number of thiophene rings is 1. The number of hydrogen-bond donors (Lipinski definition) is 1. The van der Waals surface area contributed by atoms with Crippen LogP contribution in [-0.2, 0) is 6.42 Å². The first-order chi connectivity index (χ1) is 10.8. The zero-order valence-electron chi connectivity index (χ0n) is 11.9. The van der Waals surface area contributed by atoms with Gasteiger partial charge < -0.3 is 0 Å². The number of nitrogens with zero attached hydrogens (tertiary/aromatic N) is 3. The Morgan fingerprint density at radius 2 is 2.23 bits per heavy atom. The lowest BCUT2D eigenvalue weighted by Crippen LogP contribution is -2.12. The van der Waals surface area contributed by atoms with E-state index in [2.05, 4.69) is 27.4 Å². The monoisotopic (exact) mass is 350 g/mol. The predicted molar refractivity (Wildman–Crippen MR) is 91.9 cm³/mol. The third-order valence-corrected chi connectivity index (χ3v) is 5.41. The zero-order valence-corrected chi connectivity index (χ0v) is 14.4. The molecule has 3 rings (SSSR count). The average molecular weight is 350 g/mol. The zero-order chi connectivity index (χ0) is 15.4. The molecule has 8 heteroatoms. The molecule has 0 aliphatic rings. The van der Waals surface area contributed by atoms with Gasteiger partial charge in [0.2, 0.25) is 5.13 Å². The fourth-order valence-electron chi connectivity index (χ4n) is 1.79. The lowest BCUT2D eigenvalue weighted by Gasteiger charge is -1.96. The molecule has 0 aliphatic carbocycles. The van der Waals surface area contributed by atoms with Crippen molar-refractivity contribution in [3.05, 3.63) is 32.9 Å². The lowest BCUT2D eigenvalue weighted by atomic mass is 10.3. The van der Waals surface area contributed by atoms with Gasteiger partial charge in [0.25, 0.3) is 5.91 Å². The molecule has 0 aromatic carbocycles. The molecule has 3 heterocycles. The Morgan fingerprint density at radius 3 is 3.00 bits per heavy atom. The summed E-state index contributed by atoms with van der Waals surface area (Å²) in [7, 11) is 0. The molecule has 0 aliphatic heterocycles. The topological polar surface area (TPSA) is 67.8 Å². The lowest BCUT2D eigenvalue weighted by molar-refractivity contribution is 0.102. The number of amides is 1. The molecule has 114 valence electrons. The highest BCUT2D eigenvalue weighted by Gasteiger charge is 2.14. The number of thiazole rings is 1. The average Bonchev–Trinajstić information content (AvgIpc) is 3.25. The van der Waals surface area contributed by atoms with Gasteiger partial charge in [0.15, 0.2) is 0 Å². The van der Waals surface area contributed by atoms with E-state index in [4.69, 9.17) is 0 Å². The summed E-state index contributed by atoms with van der Waals surface area (Å²) in [4.78, 5) is 16.6. The first-order valence-electron chi connectivity index (χ1n) is 6.88. The van der Waals surface area contributed by atoms with Crippen molar-refractivity contribution in [2.45, 2.75) is 26.2 Å². The summed E-state index contributed by atoms with van der Waals surface area (Å²) in [6.45, 7) is 2.14. The van der Waals surface area contributed by atoms with E-state index in [1.54, 1.807) is 16.7 Å². The second-order valence-electron chi connectivity index (χ2n) is 4.61. The van der Waals surface area contributed by atoms with Crippen molar-refractivity contribution >= 4 is 45.0 Å². The third kappa shape index (κ3) is 3.57. The van der Waals surface area contributed by atoms with Gasteiger partial charge in [-0.2, -0.15) is 11.3 Å². The molecule has 1 amide bonds. The minimum absolute atomic E-state index is 0.240. The second-order valence-corrected chi connectivity index (χ2v) is 7.31. The van der Waals surface area contributed by atoms with Crippen LogP contribution in [0, 0.1) is 0 Å². The molecule has 3 aromatic rings. The van der Waals surface area contributed by atoms with E-state index in [-0.39, 0.29) is 5.91 Å². The third-order valence-electron chi connectivity index (χ3n) is 2.94. The Labute approximate surface area is 140 Å². The van der Waals surface area contributed by atoms with Gasteiger partial charge in [0.05, 0.1) is 0 Å². The Bertz CT molecular complexity index is 748. The number of carbonyl (C=O) groups is 1. The van der Waals surface area contributed by atoms with Crippen molar-refractivity contribution in [2.24, 2.45) is 0 Å². The molecule has 0 atom stereocenters. The summed E-state index contributed by atoms with van der Waals surface area (Å²) in [6.07, 6.45) is 3.10. The normalized spacial score (nSPS) is 10.8. The van der Waals surface area contributed by atoms with Crippen LogP contribution in [0.3, 0.4) is 0 Å². The van der Waals surface area contributed by atoms with Crippen LogP contribution >= 0.6 is 34.0 Å². The number of carbonyl (C=O) groups excluding carboxylic acids is 1. The van der Waals surface area contributed by atoms with Gasteiger partial charge in [0, 0.05) is 22.7 Å². The van der Waals surface area contributed by atoms with E-state index < -0.39 is 0 Å². The number of anilines is 1. The van der Waals surface area contributed by atoms with E-state index in [0.29, 0.717) is 10.8 Å². The van der Waals surface area contributed by atoms with Crippen LogP contribution in [0.15, 0.2) is 22.2 Å². The van der Waals surface area contributed by atoms with Crippen molar-refractivity contribution in [3.63, 3.8) is 0 Å². The first-order valence-corrected chi connectivity index (χ1v) is 9.52. The standard InChI is InChI=1S/C14H14N4OS3/c1-2-3-4-11-17-18-14(22-11)16-12(19)10-8-21-13(15-10)9-5-6-20-7-9/h5-8H,2-4H2,1H3,(H,16,18,19). The van der Waals surface area contributed by atoms with E-state index in [0.717, 1.165) is 34.8 Å². The van der Waals surface area contributed by atoms with Gasteiger partial charge >= 0.3 is 0 Å². The van der Waals surface area contributed by atoms with Crippen LogP contribution in [0.25, 0.3) is 10.6 Å². The van der Waals surface area contributed by atoms with E-state index in [1.807, 2.05) is 16.8 Å². The second kappa shape index (κ2) is 7.08. The Kier molecular flexibility index (Phi) is 4.91. The summed E-state index contributed by atoms with van der Waals surface area (Å²) in [5, 5.41) is 19.0. The SMILES string of the molecule is CCCCc1nnc(NC(=O)c2csc(-c3ccsc3)n2)s1. The van der Waals surface area contributed by atoms with Crippen LogP contribution in [0.2, 0.25) is 0 Å². The van der Waals surface area contributed by atoms with Crippen molar-refractivity contribution in [1.82, 2.24) is 15.2 Å². The molecule has 0 saturated carbocycles. The van der Waals surface area contributed by atoms with Crippen molar-refractivity contribution in [2.75, 3.05) is 5.32 Å². The van der Waals surface area contributed by atoms with E-state index >= 15 is 0 Å². The van der Waals surface area contributed by atoms with Gasteiger partial charge in [-0.05, 0) is 17.9 Å². The molecule has 0 fully saturated rings. The molecular weight excluding hydrogens is 336 g/mol. The highest BCUT2D eigenvalue weighted by molar-refractivity contribution is 7.15. The summed E-state index contributed by atoms with van der Waals surface area (Å²) >= 11 is 4.50. The van der Waals surface area contributed by atoms with Crippen LogP contribution in [0.5, 0.6) is 0 Å². The van der Waals surface area contributed by atoms with Crippen molar-refractivity contribution in [3.8, 4) is 10.6 Å². The van der Waals surface area contributed by atoms with Gasteiger partial charge in [0.1, 0.15) is 15.7 Å². The predicted octanol–water partition coefficient (Wildman–Crippen LogP) is 4.32. The summed E-state index contributed by atoms with van der Waals surface area (Å²) in [6, 6.07) is 2.00. The summed E-state index contributed by atoms with van der Waals surface area (Å²) in [5.41, 5.74) is 1.46. The number of rotatable bonds is 6. The largest absolute Gasteiger partial charge is 0.295 e. The number of aryl methyl sites for hydroxylation is 1. The maximum Gasteiger partial charge on any atom is 0.276 e. The number of aromatic nitrogens is 3. The molecule has 0 unspecified atom stereocenters. The number of hydrogen-bond acceptors (Lipinski definition) is 7. The smallest absolute Gasteiger partial charge is 0.276 e. The Hall–Kier alpha value is -1.64. The summed E-state index contributed by atoms with van der Waals surface area (Å²) < 4.78 is 0. The molecule has 1 N–H and O–H groups in total. The molecule has 0 bridgehead atoms. The fraction of sp³-hybridized carbons (Fsp3) is 0.286. The summed E-state index contributed by atoms with van der Waals surface area (Å²) in [5.74, 6) is -0.240. The van der Waals surface area contributed by atoms with Crippen LogP contribution in [0.4, 0.5) is 5.13 Å². The van der Waals surface area contributed by atoms with Crippen molar-refractivity contribution in [1.29, 1.82) is 0 Å². The molecule has 22 heavy (non-hydrogen) atoms.